The largest absolute Gasteiger partial charge is 0.369 e. The molecule has 6 rings (SSSR count). The van der Waals surface area contributed by atoms with E-state index < -0.39 is 0 Å². The molecule has 1 saturated heterocycles. The third-order valence-electron chi connectivity index (χ3n) is 7.53. The van der Waals surface area contributed by atoms with E-state index >= 15 is 0 Å². The van der Waals surface area contributed by atoms with Crippen LogP contribution < -0.4 is 15.8 Å². The van der Waals surface area contributed by atoms with Crippen LogP contribution >= 0.6 is 0 Å². The van der Waals surface area contributed by atoms with Crippen molar-refractivity contribution in [2.75, 3.05) is 43.4 Å². The lowest BCUT2D eigenvalue weighted by atomic mass is 9.98. The number of fused-ring (bicyclic) bond motifs is 1. The minimum atomic E-state index is -0.00407. The Morgan fingerprint density at radius 3 is 2.49 bits per heavy atom. The van der Waals surface area contributed by atoms with Crippen LogP contribution in [0.4, 0.5) is 17.3 Å². The molecule has 1 N–H and O–H groups in total. The van der Waals surface area contributed by atoms with Crippen LogP contribution in [-0.4, -0.2) is 52.7 Å². The van der Waals surface area contributed by atoms with Crippen molar-refractivity contribution in [2.24, 2.45) is 0 Å². The molecule has 0 spiro atoms. The first-order chi connectivity index (χ1) is 18.1. The van der Waals surface area contributed by atoms with Crippen LogP contribution in [0.25, 0.3) is 16.6 Å². The zero-order chi connectivity index (χ0) is 25.4. The van der Waals surface area contributed by atoms with Gasteiger partial charge in [0, 0.05) is 61.2 Å². The quantitative estimate of drug-likeness (QED) is 0.528. The number of piperazine rings is 1. The van der Waals surface area contributed by atoms with E-state index in [1.165, 1.54) is 16.8 Å². The average Bonchev–Trinajstić information content (AvgIpc) is 3.62. The van der Waals surface area contributed by atoms with Crippen LogP contribution in [0.5, 0.6) is 0 Å². The van der Waals surface area contributed by atoms with Crippen molar-refractivity contribution < 1.29 is 0 Å². The van der Waals surface area contributed by atoms with Crippen LogP contribution in [0.15, 0.2) is 82.8 Å². The van der Waals surface area contributed by atoms with Gasteiger partial charge in [0.25, 0.3) is 5.56 Å². The van der Waals surface area contributed by atoms with Crippen molar-refractivity contribution in [3.8, 4) is 0 Å². The number of benzene rings is 1. The van der Waals surface area contributed by atoms with Gasteiger partial charge in [-0.05, 0) is 73.9 Å². The molecular formula is C30H32N6O. The van der Waals surface area contributed by atoms with Gasteiger partial charge in [0.2, 0.25) is 5.95 Å². The maximum absolute atomic E-state index is 13.5. The number of hydrogen-bond donors (Lipinski definition) is 1. The van der Waals surface area contributed by atoms with E-state index in [2.05, 4.69) is 81.8 Å². The second-order valence-corrected chi connectivity index (χ2v) is 9.93. The lowest BCUT2D eigenvalue weighted by molar-refractivity contribution is 0.313. The van der Waals surface area contributed by atoms with E-state index in [0.717, 1.165) is 61.2 Å². The van der Waals surface area contributed by atoms with Crippen LogP contribution in [0.3, 0.4) is 0 Å². The van der Waals surface area contributed by atoms with E-state index in [1.807, 2.05) is 19.2 Å². The van der Waals surface area contributed by atoms with Crippen LogP contribution in [0, 0.1) is 0 Å². The van der Waals surface area contributed by atoms with Crippen LogP contribution in [0.2, 0.25) is 0 Å². The molecule has 2 aliphatic carbocycles. The molecule has 3 heterocycles. The fourth-order valence-electron chi connectivity index (χ4n) is 5.31. The molecule has 0 unspecified atom stereocenters. The lowest BCUT2D eigenvalue weighted by Gasteiger charge is -2.34. The molecule has 0 amide bonds. The number of likely N-dealkylation sites (N-methyl/N-ethyl adjacent to an activating group) is 1. The molecule has 188 valence electrons. The highest BCUT2D eigenvalue weighted by Gasteiger charge is 2.19. The number of nitrogens with one attached hydrogen (secondary N) is 1. The molecule has 1 fully saturated rings. The monoisotopic (exact) mass is 492 g/mol. The first-order valence-corrected chi connectivity index (χ1v) is 13.1. The molecule has 0 radical (unpaired) electrons. The Labute approximate surface area is 217 Å². The zero-order valence-corrected chi connectivity index (χ0v) is 21.4. The molecule has 37 heavy (non-hydrogen) atoms. The van der Waals surface area contributed by atoms with E-state index in [9.17, 15) is 4.79 Å². The second-order valence-electron chi connectivity index (χ2n) is 9.93. The minimum absolute atomic E-state index is 0.00407. The van der Waals surface area contributed by atoms with Gasteiger partial charge in [0.05, 0.1) is 0 Å². The van der Waals surface area contributed by atoms with Gasteiger partial charge in [-0.3, -0.25) is 9.36 Å². The van der Waals surface area contributed by atoms with Gasteiger partial charge >= 0.3 is 0 Å². The van der Waals surface area contributed by atoms with E-state index in [1.54, 1.807) is 4.57 Å². The number of aryl methyl sites for hydroxylation is 1. The van der Waals surface area contributed by atoms with Gasteiger partial charge in [-0.1, -0.05) is 30.4 Å². The van der Waals surface area contributed by atoms with Gasteiger partial charge in [0.15, 0.2) is 0 Å². The van der Waals surface area contributed by atoms with Crippen molar-refractivity contribution in [2.45, 2.75) is 26.3 Å². The predicted molar refractivity (Wildman–Crippen MR) is 151 cm³/mol. The van der Waals surface area contributed by atoms with Gasteiger partial charge < -0.3 is 15.1 Å². The highest BCUT2D eigenvalue weighted by Crippen LogP contribution is 2.34. The SMILES string of the molecule is CCn1c(=O)c(C2=CC=C(C3=CC=CC3)C2)cc2cnc(Nc3ccc(N4CCN(C)CC4)cc3)nc21. The molecule has 1 aliphatic heterocycles. The van der Waals surface area contributed by atoms with E-state index in [4.69, 9.17) is 4.98 Å². The van der Waals surface area contributed by atoms with Crippen molar-refractivity contribution in [3.63, 3.8) is 0 Å². The van der Waals surface area contributed by atoms with Crippen LogP contribution in [0.1, 0.15) is 25.3 Å². The van der Waals surface area contributed by atoms with Gasteiger partial charge in [-0.15, -0.1) is 0 Å². The van der Waals surface area contributed by atoms with Crippen molar-refractivity contribution in [1.82, 2.24) is 19.4 Å². The topological polar surface area (TPSA) is 66.3 Å². The first-order valence-electron chi connectivity index (χ1n) is 13.1. The number of allylic oxidation sites excluding steroid dienone is 8. The summed E-state index contributed by atoms with van der Waals surface area (Å²) < 4.78 is 1.75. The third-order valence-corrected chi connectivity index (χ3v) is 7.53. The Kier molecular flexibility index (Phi) is 6.22. The smallest absolute Gasteiger partial charge is 0.259 e. The number of pyridine rings is 1. The highest BCUT2D eigenvalue weighted by atomic mass is 16.1. The standard InChI is InChI=1S/C30H32N6O/c1-3-36-28-24(19-27(29(36)37)23-9-8-22(18-23)21-6-4-5-7-21)20-31-30(33-28)32-25-10-12-26(13-11-25)35-16-14-34(2)15-17-35/h4-6,8-13,19-20H,3,7,14-18H2,1-2H3,(H,31,32,33). The molecule has 3 aromatic rings. The molecule has 0 saturated carbocycles. The summed E-state index contributed by atoms with van der Waals surface area (Å²) in [4.78, 5) is 27.6. The van der Waals surface area contributed by atoms with E-state index in [-0.39, 0.29) is 5.56 Å². The summed E-state index contributed by atoms with van der Waals surface area (Å²) in [6.45, 7) is 6.76. The predicted octanol–water partition coefficient (Wildman–Crippen LogP) is 4.91. The average molecular weight is 493 g/mol. The zero-order valence-electron chi connectivity index (χ0n) is 21.4. The fraction of sp³-hybridized carbons (Fsp3) is 0.300. The summed E-state index contributed by atoms with van der Waals surface area (Å²) in [7, 11) is 2.17. The molecule has 7 heteroatoms. The van der Waals surface area contributed by atoms with Gasteiger partial charge in [0.1, 0.15) is 5.65 Å². The van der Waals surface area contributed by atoms with Crippen LogP contribution in [-0.2, 0) is 6.54 Å². The van der Waals surface area contributed by atoms with Gasteiger partial charge in [-0.2, -0.15) is 4.98 Å². The van der Waals surface area contributed by atoms with Crippen molar-refractivity contribution in [3.05, 3.63) is 94.0 Å². The molecule has 7 nitrogen and oxygen atoms in total. The van der Waals surface area contributed by atoms with Crippen molar-refractivity contribution in [1.29, 1.82) is 0 Å². The number of anilines is 3. The third kappa shape index (κ3) is 4.62. The number of nitrogens with zero attached hydrogens (tertiary/aromatic N) is 5. The molecular weight excluding hydrogens is 460 g/mol. The number of rotatable bonds is 6. The van der Waals surface area contributed by atoms with E-state index in [0.29, 0.717) is 18.1 Å². The Bertz CT molecular complexity index is 1520. The summed E-state index contributed by atoms with van der Waals surface area (Å²) >= 11 is 0. The maximum atomic E-state index is 13.5. The summed E-state index contributed by atoms with van der Waals surface area (Å²) in [5.74, 6) is 0.485. The Balaban J connectivity index is 1.23. The molecule has 0 atom stereocenters. The highest BCUT2D eigenvalue weighted by molar-refractivity contribution is 5.83. The molecule has 2 aromatic heterocycles. The Hall–Kier alpha value is -3.97. The summed E-state index contributed by atoms with van der Waals surface area (Å²) in [5, 5.41) is 4.18. The summed E-state index contributed by atoms with van der Waals surface area (Å²) in [5.41, 5.74) is 7.20. The maximum Gasteiger partial charge on any atom is 0.259 e. The normalized spacial score (nSPS) is 17.8. The Morgan fingerprint density at radius 1 is 0.973 bits per heavy atom. The molecule has 1 aromatic carbocycles. The first kappa shape index (κ1) is 23.4. The fourth-order valence-corrected chi connectivity index (χ4v) is 5.31. The van der Waals surface area contributed by atoms with Crippen molar-refractivity contribution >= 4 is 33.9 Å². The molecule has 0 bridgehead atoms. The second kappa shape index (κ2) is 9.82. The minimum Gasteiger partial charge on any atom is -0.369 e. The molecule has 3 aliphatic rings. The lowest BCUT2D eigenvalue weighted by Crippen LogP contribution is -2.44. The summed E-state index contributed by atoms with van der Waals surface area (Å²) in [6, 6.07) is 10.3. The van der Waals surface area contributed by atoms with Gasteiger partial charge in [-0.25, -0.2) is 4.98 Å². The summed E-state index contributed by atoms with van der Waals surface area (Å²) in [6.07, 6.45) is 14.2. The number of hydrogen-bond acceptors (Lipinski definition) is 6. The Morgan fingerprint density at radius 2 is 1.76 bits per heavy atom. The number of aromatic nitrogens is 3.